The lowest BCUT2D eigenvalue weighted by molar-refractivity contribution is -0.115. The number of hydrogen-bond acceptors (Lipinski definition) is 6. The van der Waals surface area contributed by atoms with E-state index in [0.29, 0.717) is 16.5 Å². The highest BCUT2D eigenvalue weighted by atomic mass is 32.1. The molecule has 2 rings (SSSR count). The summed E-state index contributed by atoms with van der Waals surface area (Å²) in [5, 5.41) is 6.86. The predicted molar refractivity (Wildman–Crippen MR) is 83.5 cm³/mol. The monoisotopic (exact) mass is 357 g/mol. The van der Waals surface area contributed by atoms with E-state index in [4.69, 9.17) is 0 Å². The summed E-state index contributed by atoms with van der Waals surface area (Å²) in [5.74, 6) is -0.444. The molecule has 0 fully saturated rings. The van der Waals surface area contributed by atoms with Crippen LogP contribution in [0.4, 0.5) is 24.4 Å². The molecule has 0 saturated carbocycles. The molecule has 0 spiro atoms. The Morgan fingerprint density at radius 2 is 2.12 bits per heavy atom. The standard InChI is InChI=1S/C14H13F2N3O4S/c1-22-14(21)19-13-18-9(7-24-13)6-11(20)17-8-3-2-4-10(5-8)23-12(15)16/h2-5,7,12H,6H2,1H3,(H,17,20)(H,18,19,21). The maximum Gasteiger partial charge on any atom is 0.413 e. The summed E-state index contributed by atoms with van der Waals surface area (Å²) in [5.41, 5.74) is 0.769. The van der Waals surface area contributed by atoms with Crippen molar-refractivity contribution in [3.63, 3.8) is 0 Å². The molecule has 0 radical (unpaired) electrons. The molecule has 1 aromatic heterocycles. The summed E-state index contributed by atoms with van der Waals surface area (Å²) in [6, 6.07) is 5.67. The van der Waals surface area contributed by atoms with Gasteiger partial charge >= 0.3 is 12.7 Å². The molecule has 0 atom stereocenters. The van der Waals surface area contributed by atoms with Crippen LogP contribution < -0.4 is 15.4 Å². The van der Waals surface area contributed by atoms with Crippen molar-refractivity contribution in [1.29, 1.82) is 0 Å². The zero-order chi connectivity index (χ0) is 17.5. The number of halogens is 2. The van der Waals surface area contributed by atoms with Gasteiger partial charge < -0.3 is 14.8 Å². The normalized spacial score (nSPS) is 10.3. The van der Waals surface area contributed by atoms with E-state index in [0.717, 1.165) is 11.3 Å². The number of thiazole rings is 1. The number of benzene rings is 1. The number of carbonyl (C=O) groups excluding carboxylic acids is 2. The SMILES string of the molecule is COC(=O)Nc1nc(CC(=O)Nc2cccc(OC(F)F)c2)cs1. The average molecular weight is 357 g/mol. The van der Waals surface area contributed by atoms with Gasteiger partial charge in [0, 0.05) is 17.1 Å². The van der Waals surface area contributed by atoms with E-state index < -0.39 is 12.7 Å². The minimum absolute atomic E-state index is 0.0424. The lowest BCUT2D eigenvalue weighted by Crippen LogP contribution is -2.15. The first-order valence-electron chi connectivity index (χ1n) is 6.60. The molecule has 128 valence electrons. The molecule has 0 saturated heterocycles. The molecule has 2 aromatic rings. The topological polar surface area (TPSA) is 89.5 Å². The molecule has 24 heavy (non-hydrogen) atoms. The molecule has 2 N–H and O–H groups in total. The summed E-state index contributed by atoms with van der Waals surface area (Å²) < 4.78 is 33.0. The Hall–Kier alpha value is -2.75. The van der Waals surface area contributed by atoms with Crippen LogP contribution in [0.2, 0.25) is 0 Å². The molecule has 0 aliphatic heterocycles. The number of anilines is 2. The summed E-state index contributed by atoms with van der Waals surface area (Å²) in [4.78, 5) is 27.1. The number of amides is 2. The average Bonchev–Trinajstić information content (AvgIpc) is 2.93. The number of hydrogen-bond donors (Lipinski definition) is 2. The van der Waals surface area contributed by atoms with Gasteiger partial charge in [-0.1, -0.05) is 6.07 Å². The van der Waals surface area contributed by atoms with Gasteiger partial charge in [0.25, 0.3) is 0 Å². The van der Waals surface area contributed by atoms with Gasteiger partial charge in [-0.05, 0) is 12.1 Å². The second-order valence-corrected chi connectivity index (χ2v) is 5.25. The van der Waals surface area contributed by atoms with Crippen LogP contribution in [-0.4, -0.2) is 30.7 Å². The molecule has 1 heterocycles. The largest absolute Gasteiger partial charge is 0.453 e. The lowest BCUT2D eigenvalue weighted by atomic mass is 10.2. The third-order valence-corrected chi connectivity index (χ3v) is 3.44. The number of nitrogens with zero attached hydrogens (tertiary/aromatic N) is 1. The molecule has 0 aliphatic carbocycles. The summed E-state index contributed by atoms with van der Waals surface area (Å²) in [7, 11) is 1.23. The molecule has 7 nitrogen and oxygen atoms in total. The minimum Gasteiger partial charge on any atom is -0.453 e. The van der Waals surface area contributed by atoms with Crippen molar-refractivity contribution in [1.82, 2.24) is 4.98 Å². The Balaban J connectivity index is 1.92. The van der Waals surface area contributed by atoms with Crippen LogP contribution in [0.1, 0.15) is 5.69 Å². The zero-order valence-electron chi connectivity index (χ0n) is 12.4. The van der Waals surface area contributed by atoms with E-state index >= 15 is 0 Å². The molecule has 2 amide bonds. The fourth-order valence-electron chi connectivity index (χ4n) is 1.70. The fraction of sp³-hybridized carbons (Fsp3) is 0.214. The predicted octanol–water partition coefficient (Wildman–Crippen LogP) is 3.10. The second kappa shape index (κ2) is 8.20. The van der Waals surface area contributed by atoms with Crippen molar-refractivity contribution in [2.75, 3.05) is 17.7 Å². The van der Waals surface area contributed by atoms with Gasteiger partial charge in [-0.2, -0.15) is 8.78 Å². The van der Waals surface area contributed by atoms with Crippen LogP contribution >= 0.6 is 11.3 Å². The van der Waals surface area contributed by atoms with Crippen LogP contribution in [0, 0.1) is 0 Å². The van der Waals surface area contributed by atoms with E-state index in [1.165, 1.54) is 25.3 Å². The number of carbonyl (C=O) groups is 2. The molecule has 10 heteroatoms. The van der Waals surface area contributed by atoms with Gasteiger partial charge in [0.15, 0.2) is 5.13 Å². The van der Waals surface area contributed by atoms with Crippen molar-refractivity contribution in [3.05, 3.63) is 35.3 Å². The van der Waals surface area contributed by atoms with Gasteiger partial charge in [0.1, 0.15) is 5.75 Å². The molecular weight excluding hydrogens is 344 g/mol. The molecule has 0 bridgehead atoms. The Bertz CT molecular complexity index is 724. The summed E-state index contributed by atoms with van der Waals surface area (Å²) >= 11 is 1.14. The minimum atomic E-state index is -2.94. The maximum absolute atomic E-state index is 12.2. The summed E-state index contributed by atoms with van der Waals surface area (Å²) in [6.07, 6.45) is -0.699. The van der Waals surface area contributed by atoms with Crippen molar-refractivity contribution in [2.24, 2.45) is 0 Å². The van der Waals surface area contributed by atoms with E-state index in [9.17, 15) is 18.4 Å². The Morgan fingerprint density at radius 1 is 1.33 bits per heavy atom. The summed E-state index contributed by atoms with van der Waals surface area (Å²) in [6.45, 7) is -2.94. The Kier molecular flexibility index (Phi) is 6.01. The van der Waals surface area contributed by atoms with Gasteiger partial charge in [-0.3, -0.25) is 10.1 Å². The van der Waals surface area contributed by atoms with Crippen molar-refractivity contribution >= 4 is 34.2 Å². The molecule has 1 aromatic carbocycles. The van der Waals surface area contributed by atoms with Gasteiger partial charge in [-0.15, -0.1) is 11.3 Å². The number of aromatic nitrogens is 1. The first-order valence-corrected chi connectivity index (χ1v) is 7.48. The van der Waals surface area contributed by atoms with E-state index in [1.807, 2.05) is 0 Å². The highest BCUT2D eigenvalue weighted by Crippen LogP contribution is 2.20. The Morgan fingerprint density at radius 3 is 2.83 bits per heavy atom. The van der Waals surface area contributed by atoms with Crippen LogP contribution in [0.5, 0.6) is 5.75 Å². The van der Waals surface area contributed by atoms with Crippen LogP contribution in [-0.2, 0) is 16.0 Å². The number of ether oxygens (including phenoxy) is 2. The van der Waals surface area contributed by atoms with Crippen molar-refractivity contribution in [2.45, 2.75) is 13.0 Å². The lowest BCUT2D eigenvalue weighted by Gasteiger charge is -2.07. The van der Waals surface area contributed by atoms with Crippen LogP contribution in [0.25, 0.3) is 0 Å². The number of rotatable bonds is 6. The van der Waals surface area contributed by atoms with Crippen molar-refractivity contribution < 1.29 is 27.8 Å². The van der Waals surface area contributed by atoms with Crippen molar-refractivity contribution in [3.8, 4) is 5.75 Å². The van der Waals surface area contributed by atoms with E-state index in [2.05, 4.69) is 25.1 Å². The number of nitrogens with one attached hydrogen (secondary N) is 2. The smallest absolute Gasteiger partial charge is 0.413 e. The molecule has 0 aliphatic rings. The highest BCUT2D eigenvalue weighted by Gasteiger charge is 2.11. The third-order valence-electron chi connectivity index (χ3n) is 2.63. The number of alkyl halides is 2. The second-order valence-electron chi connectivity index (χ2n) is 4.39. The van der Waals surface area contributed by atoms with Gasteiger partial charge in [0.05, 0.1) is 19.2 Å². The fourth-order valence-corrected chi connectivity index (χ4v) is 2.40. The quantitative estimate of drug-likeness (QED) is 0.829. The van der Waals surface area contributed by atoms with Crippen LogP contribution in [0.3, 0.4) is 0 Å². The van der Waals surface area contributed by atoms with Gasteiger partial charge in [0.2, 0.25) is 5.91 Å². The maximum atomic E-state index is 12.2. The highest BCUT2D eigenvalue weighted by molar-refractivity contribution is 7.13. The van der Waals surface area contributed by atoms with Crippen LogP contribution in [0.15, 0.2) is 29.6 Å². The first kappa shape index (κ1) is 17.6. The third kappa shape index (κ3) is 5.47. The van der Waals surface area contributed by atoms with E-state index in [1.54, 1.807) is 11.4 Å². The number of methoxy groups -OCH3 is 1. The first-order chi connectivity index (χ1) is 11.5. The molecular formula is C14H13F2N3O4S. The molecule has 0 unspecified atom stereocenters. The van der Waals surface area contributed by atoms with E-state index in [-0.39, 0.29) is 18.1 Å². The zero-order valence-corrected chi connectivity index (χ0v) is 13.2. The van der Waals surface area contributed by atoms with Gasteiger partial charge in [-0.25, -0.2) is 9.78 Å². The Labute approximate surface area is 139 Å².